The molecule has 1 aromatic heterocycles. The fourth-order valence-electron chi connectivity index (χ4n) is 1.94. The quantitative estimate of drug-likeness (QED) is 0.878. The maximum absolute atomic E-state index is 12.1. The minimum Gasteiger partial charge on any atom is -0.508 e. The number of aryl methyl sites for hydroxylation is 1. The Bertz CT molecular complexity index is 564. The van der Waals surface area contributed by atoms with Crippen molar-refractivity contribution >= 4 is 5.91 Å². The van der Waals surface area contributed by atoms with Crippen molar-refractivity contribution in [3.05, 3.63) is 47.8 Å². The van der Waals surface area contributed by atoms with Crippen LogP contribution in [0.1, 0.15) is 22.8 Å². The van der Waals surface area contributed by atoms with Gasteiger partial charge >= 0.3 is 0 Å². The van der Waals surface area contributed by atoms with Crippen molar-refractivity contribution in [1.29, 1.82) is 0 Å². The number of phenols is 1. The number of hydrogen-bond acceptors (Lipinski definition) is 3. The van der Waals surface area contributed by atoms with Gasteiger partial charge in [0.15, 0.2) is 0 Å². The van der Waals surface area contributed by atoms with Gasteiger partial charge in [-0.2, -0.15) is 5.10 Å². The van der Waals surface area contributed by atoms with E-state index in [1.165, 1.54) is 6.07 Å². The van der Waals surface area contributed by atoms with E-state index in [4.69, 9.17) is 0 Å². The average molecular weight is 259 g/mol. The maximum atomic E-state index is 12.1. The van der Waals surface area contributed by atoms with Crippen LogP contribution in [-0.2, 0) is 6.54 Å². The summed E-state index contributed by atoms with van der Waals surface area (Å²) in [5.41, 5.74) is 1.33. The Balaban J connectivity index is 2.00. The first-order chi connectivity index (χ1) is 9.06. The third kappa shape index (κ3) is 3.34. The highest BCUT2D eigenvalue weighted by atomic mass is 16.3. The number of aromatic hydroxyl groups is 1. The smallest absolute Gasteiger partial charge is 0.251 e. The predicted octanol–water partition coefficient (Wildman–Crippen LogP) is 1.72. The number of aromatic nitrogens is 2. The second kappa shape index (κ2) is 5.56. The van der Waals surface area contributed by atoms with Gasteiger partial charge in [0, 0.05) is 24.0 Å². The molecule has 0 bridgehead atoms. The van der Waals surface area contributed by atoms with Crippen LogP contribution < -0.4 is 5.32 Å². The summed E-state index contributed by atoms with van der Waals surface area (Å²) < 4.78 is 1.77. The number of rotatable bonds is 4. The van der Waals surface area contributed by atoms with Crippen LogP contribution in [0.25, 0.3) is 0 Å². The number of benzene rings is 1. The fraction of sp³-hybridized carbons (Fsp3) is 0.286. The molecule has 0 radical (unpaired) electrons. The lowest BCUT2D eigenvalue weighted by Gasteiger charge is -2.15. The van der Waals surface area contributed by atoms with Crippen LogP contribution in [0.3, 0.4) is 0 Å². The molecule has 100 valence electrons. The molecular formula is C14H17N3O2. The SMILES string of the molecule is Cc1cc(O)ccc1C(=O)NC(C)Cn1cccn1. The van der Waals surface area contributed by atoms with E-state index in [2.05, 4.69) is 10.4 Å². The van der Waals surface area contributed by atoms with E-state index in [1.807, 2.05) is 19.2 Å². The van der Waals surface area contributed by atoms with Crippen molar-refractivity contribution < 1.29 is 9.90 Å². The summed E-state index contributed by atoms with van der Waals surface area (Å²) in [5, 5.41) is 16.3. The van der Waals surface area contributed by atoms with E-state index >= 15 is 0 Å². The number of phenolic OH excluding ortho intramolecular Hbond substituents is 1. The van der Waals surface area contributed by atoms with Crippen molar-refractivity contribution in [2.75, 3.05) is 0 Å². The van der Waals surface area contributed by atoms with Crippen LogP contribution in [0.4, 0.5) is 0 Å². The largest absolute Gasteiger partial charge is 0.508 e. The first kappa shape index (κ1) is 13.1. The van der Waals surface area contributed by atoms with Crippen LogP contribution in [0.5, 0.6) is 5.75 Å². The summed E-state index contributed by atoms with van der Waals surface area (Å²) in [7, 11) is 0. The lowest BCUT2D eigenvalue weighted by Crippen LogP contribution is -2.36. The molecule has 1 unspecified atom stereocenters. The zero-order valence-electron chi connectivity index (χ0n) is 11.0. The van der Waals surface area contributed by atoms with Crippen LogP contribution in [0.2, 0.25) is 0 Å². The molecule has 0 aliphatic rings. The first-order valence-corrected chi connectivity index (χ1v) is 6.14. The van der Waals surface area contributed by atoms with E-state index < -0.39 is 0 Å². The molecule has 1 amide bonds. The van der Waals surface area contributed by atoms with Gasteiger partial charge in [-0.1, -0.05) is 0 Å². The molecule has 2 rings (SSSR count). The summed E-state index contributed by atoms with van der Waals surface area (Å²) in [6.45, 7) is 4.35. The summed E-state index contributed by atoms with van der Waals surface area (Å²) in [6, 6.07) is 6.53. The van der Waals surface area contributed by atoms with Crippen molar-refractivity contribution in [2.45, 2.75) is 26.4 Å². The number of nitrogens with zero attached hydrogens (tertiary/aromatic N) is 2. The van der Waals surface area contributed by atoms with E-state index in [-0.39, 0.29) is 17.7 Å². The normalized spacial score (nSPS) is 12.1. The average Bonchev–Trinajstić information content (AvgIpc) is 2.81. The molecule has 0 aliphatic carbocycles. The van der Waals surface area contributed by atoms with E-state index in [1.54, 1.807) is 29.9 Å². The minimum absolute atomic E-state index is 0.0272. The molecule has 0 saturated heterocycles. The van der Waals surface area contributed by atoms with E-state index in [9.17, 15) is 9.90 Å². The third-order valence-corrected chi connectivity index (χ3v) is 2.85. The highest BCUT2D eigenvalue weighted by Gasteiger charge is 2.12. The Morgan fingerprint density at radius 3 is 2.95 bits per heavy atom. The van der Waals surface area contributed by atoms with Gasteiger partial charge in [0.1, 0.15) is 5.75 Å². The molecule has 0 aliphatic heterocycles. The van der Waals surface area contributed by atoms with Crippen molar-refractivity contribution in [3.8, 4) is 5.75 Å². The van der Waals surface area contributed by atoms with Gasteiger partial charge < -0.3 is 10.4 Å². The molecule has 5 nitrogen and oxygen atoms in total. The number of carbonyl (C=O) groups is 1. The van der Waals surface area contributed by atoms with Crippen LogP contribution in [0, 0.1) is 6.92 Å². The van der Waals surface area contributed by atoms with E-state index in [0.29, 0.717) is 12.1 Å². The van der Waals surface area contributed by atoms with Crippen LogP contribution >= 0.6 is 0 Å². The summed E-state index contributed by atoms with van der Waals surface area (Å²) in [5.74, 6) is 0.0239. The zero-order valence-corrected chi connectivity index (χ0v) is 11.0. The lowest BCUT2D eigenvalue weighted by molar-refractivity contribution is 0.0935. The Morgan fingerprint density at radius 1 is 1.53 bits per heavy atom. The summed E-state index contributed by atoms with van der Waals surface area (Å²) in [6.07, 6.45) is 3.56. The summed E-state index contributed by atoms with van der Waals surface area (Å²) >= 11 is 0. The molecule has 1 aromatic carbocycles. The van der Waals surface area contributed by atoms with Gasteiger partial charge in [0.05, 0.1) is 6.54 Å². The molecular weight excluding hydrogens is 242 g/mol. The van der Waals surface area contributed by atoms with Crippen molar-refractivity contribution in [2.24, 2.45) is 0 Å². The molecule has 1 heterocycles. The Hall–Kier alpha value is -2.30. The standard InChI is InChI=1S/C14H17N3O2/c1-10-8-12(18)4-5-13(10)14(19)16-11(2)9-17-7-3-6-15-17/h3-8,11,18H,9H2,1-2H3,(H,16,19). The molecule has 0 fully saturated rings. The number of amides is 1. The topological polar surface area (TPSA) is 67.2 Å². The van der Waals surface area contributed by atoms with Gasteiger partial charge in [0.2, 0.25) is 0 Å². The maximum Gasteiger partial charge on any atom is 0.251 e. The summed E-state index contributed by atoms with van der Waals surface area (Å²) in [4.78, 5) is 12.1. The molecule has 1 atom stereocenters. The fourth-order valence-corrected chi connectivity index (χ4v) is 1.94. The molecule has 2 aromatic rings. The van der Waals surface area contributed by atoms with Gasteiger partial charge in [-0.3, -0.25) is 9.48 Å². The second-order valence-electron chi connectivity index (χ2n) is 4.60. The predicted molar refractivity (Wildman–Crippen MR) is 72.0 cm³/mol. The molecule has 2 N–H and O–H groups in total. The minimum atomic E-state index is -0.142. The van der Waals surface area contributed by atoms with Crippen LogP contribution in [-0.4, -0.2) is 26.8 Å². The third-order valence-electron chi connectivity index (χ3n) is 2.85. The highest BCUT2D eigenvalue weighted by molar-refractivity contribution is 5.95. The van der Waals surface area contributed by atoms with Crippen LogP contribution in [0.15, 0.2) is 36.7 Å². The monoisotopic (exact) mass is 259 g/mol. The number of carbonyl (C=O) groups excluding carboxylic acids is 1. The Kier molecular flexibility index (Phi) is 3.85. The van der Waals surface area contributed by atoms with E-state index in [0.717, 1.165) is 5.56 Å². The zero-order chi connectivity index (χ0) is 13.8. The second-order valence-corrected chi connectivity index (χ2v) is 4.60. The van der Waals surface area contributed by atoms with Gasteiger partial charge in [-0.05, 0) is 43.7 Å². The lowest BCUT2D eigenvalue weighted by atomic mass is 10.1. The number of hydrogen-bond donors (Lipinski definition) is 2. The van der Waals surface area contributed by atoms with Crippen molar-refractivity contribution in [1.82, 2.24) is 15.1 Å². The molecule has 5 heteroatoms. The Morgan fingerprint density at radius 2 is 2.32 bits per heavy atom. The Labute approximate surface area is 111 Å². The highest BCUT2D eigenvalue weighted by Crippen LogP contribution is 2.15. The molecule has 0 saturated carbocycles. The first-order valence-electron chi connectivity index (χ1n) is 6.14. The van der Waals surface area contributed by atoms with Gasteiger partial charge in [0.25, 0.3) is 5.91 Å². The van der Waals surface area contributed by atoms with Gasteiger partial charge in [-0.15, -0.1) is 0 Å². The van der Waals surface area contributed by atoms with Crippen molar-refractivity contribution in [3.63, 3.8) is 0 Å². The molecule has 0 spiro atoms. The molecule has 19 heavy (non-hydrogen) atoms. The number of nitrogens with one attached hydrogen (secondary N) is 1. The van der Waals surface area contributed by atoms with Gasteiger partial charge in [-0.25, -0.2) is 0 Å².